The first-order valence-electron chi connectivity index (χ1n) is 7.29. The molecule has 2 rings (SSSR count). The van der Waals surface area contributed by atoms with Crippen LogP contribution in [-0.4, -0.2) is 28.1 Å². The lowest BCUT2D eigenvalue weighted by molar-refractivity contribution is -0.143. The zero-order valence-electron chi connectivity index (χ0n) is 12.3. The number of nitrogens with one attached hydrogen (secondary N) is 1. The molecule has 5 nitrogen and oxygen atoms in total. The molecule has 1 aromatic rings. The molecule has 5 heteroatoms. The number of amides is 1. The lowest BCUT2D eigenvalue weighted by Crippen LogP contribution is -2.46. The summed E-state index contributed by atoms with van der Waals surface area (Å²) in [7, 11) is 0. The van der Waals surface area contributed by atoms with Crippen LogP contribution < -0.4 is 5.32 Å². The summed E-state index contributed by atoms with van der Waals surface area (Å²) in [5.41, 5.74) is 1.61. The first-order valence-corrected chi connectivity index (χ1v) is 7.29. The Hall–Kier alpha value is -2.04. The Morgan fingerprint density at radius 2 is 2.14 bits per heavy atom. The SMILES string of the molecule is CC[C@H](C)[C@H](NC(=O)C1CCc2c(O)cccc21)C(=O)O. The minimum absolute atomic E-state index is 0.128. The van der Waals surface area contributed by atoms with Crippen LogP contribution in [0.15, 0.2) is 18.2 Å². The Kier molecular flexibility index (Phi) is 4.50. The zero-order chi connectivity index (χ0) is 15.6. The minimum Gasteiger partial charge on any atom is -0.508 e. The van der Waals surface area contributed by atoms with Crippen molar-refractivity contribution in [3.63, 3.8) is 0 Å². The van der Waals surface area contributed by atoms with Crippen LogP contribution in [0.4, 0.5) is 0 Å². The minimum atomic E-state index is -1.01. The van der Waals surface area contributed by atoms with Gasteiger partial charge in [0, 0.05) is 0 Å². The molecule has 0 bridgehead atoms. The monoisotopic (exact) mass is 291 g/mol. The third kappa shape index (κ3) is 3.01. The van der Waals surface area contributed by atoms with Crippen LogP contribution in [0.25, 0.3) is 0 Å². The van der Waals surface area contributed by atoms with Crippen molar-refractivity contribution in [3.05, 3.63) is 29.3 Å². The van der Waals surface area contributed by atoms with Crippen molar-refractivity contribution in [1.82, 2.24) is 5.32 Å². The maximum absolute atomic E-state index is 12.4. The van der Waals surface area contributed by atoms with Gasteiger partial charge in [0.05, 0.1) is 5.92 Å². The van der Waals surface area contributed by atoms with Crippen LogP contribution >= 0.6 is 0 Å². The third-order valence-electron chi connectivity index (χ3n) is 4.34. The summed E-state index contributed by atoms with van der Waals surface area (Å²) in [4.78, 5) is 23.7. The smallest absolute Gasteiger partial charge is 0.326 e. The number of hydrogen-bond acceptors (Lipinski definition) is 3. The number of aromatic hydroxyl groups is 1. The molecule has 114 valence electrons. The maximum atomic E-state index is 12.4. The standard InChI is InChI=1S/C16H21NO4/c1-3-9(2)14(16(20)21)17-15(19)12-8-7-11-10(12)5-4-6-13(11)18/h4-6,9,12,14,18H,3,7-8H2,1-2H3,(H,17,19)(H,20,21)/t9-,12?,14-/m0/s1. The van der Waals surface area contributed by atoms with Gasteiger partial charge in [-0.25, -0.2) is 4.79 Å². The highest BCUT2D eigenvalue weighted by Gasteiger charge is 2.33. The summed E-state index contributed by atoms with van der Waals surface area (Å²) in [5.74, 6) is -1.58. The van der Waals surface area contributed by atoms with Crippen molar-refractivity contribution >= 4 is 11.9 Å². The average molecular weight is 291 g/mol. The molecular formula is C16H21NO4. The molecule has 1 aliphatic carbocycles. The summed E-state index contributed by atoms with van der Waals surface area (Å²) in [6, 6.07) is 4.27. The number of phenols is 1. The molecule has 1 aromatic carbocycles. The molecule has 3 N–H and O–H groups in total. The second kappa shape index (κ2) is 6.16. The normalized spacial score (nSPS) is 19.6. The van der Waals surface area contributed by atoms with E-state index in [-0.39, 0.29) is 23.5 Å². The molecule has 1 unspecified atom stereocenters. The van der Waals surface area contributed by atoms with Crippen molar-refractivity contribution in [2.45, 2.75) is 45.1 Å². The van der Waals surface area contributed by atoms with Crippen LogP contribution in [0, 0.1) is 5.92 Å². The number of benzene rings is 1. The fraction of sp³-hybridized carbons (Fsp3) is 0.500. The molecule has 0 radical (unpaired) electrons. The van der Waals surface area contributed by atoms with Crippen LogP contribution in [0.1, 0.15) is 43.7 Å². The number of rotatable bonds is 5. The quantitative estimate of drug-likeness (QED) is 0.774. The average Bonchev–Trinajstić information content (AvgIpc) is 2.88. The van der Waals surface area contributed by atoms with E-state index in [0.29, 0.717) is 19.3 Å². The number of carboxylic acids is 1. The van der Waals surface area contributed by atoms with E-state index in [1.807, 2.05) is 19.9 Å². The first kappa shape index (κ1) is 15.4. The fourth-order valence-corrected chi connectivity index (χ4v) is 2.84. The van der Waals surface area contributed by atoms with E-state index in [1.165, 1.54) is 0 Å². The predicted molar refractivity (Wildman–Crippen MR) is 78.2 cm³/mol. The van der Waals surface area contributed by atoms with Crippen LogP contribution in [-0.2, 0) is 16.0 Å². The Balaban J connectivity index is 2.16. The third-order valence-corrected chi connectivity index (χ3v) is 4.34. The first-order chi connectivity index (χ1) is 9.95. The van der Waals surface area contributed by atoms with Gasteiger partial charge in [0.2, 0.25) is 5.91 Å². The Morgan fingerprint density at radius 1 is 1.43 bits per heavy atom. The molecule has 0 heterocycles. The number of carbonyl (C=O) groups is 2. The van der Waals surface area contributed by atoms with Crippen molar-refractivity contribution in [2.75, 3.05) is 0 Å². The molecule has 0 aromatic heterocycles. The van der Waals surface area contributed by atoms with Gasteiger partial charge in [-0.2, -0.15) is 0 Å². The summed E-state index contributed by atoms with van der Waals surface area (Å²) >= 11 is 0. The van der Waals surface area contributed by atoms with E-state index in [9.17, 15) is 19.8 Å². The van der Waals surface area contributed by atoms with Gasteiger partial charge in [-0.15, -0.1) is 0 Å². The van der Waals surface area contributed by atoms with Gasteiger partial charge in [-0.3, -0.25) is 4.79 Å². The molecule has 1 aliphatic rings. The number of carboxylic acid groups (broad SMARTS) is 1. The van der Waals surface area contributed by atoms with Crippen molar-refractivity contribution < 1.29 is 19.8 Å². The topological polar surface area (TPSA) is 86.6 Å². The molecule has 3 atom stereocenters. The van der Waals surface area contributed by atoms with Crippen LogP contribution in [0.5, 0.6) is 5.75 Å². The Labute approximate surface area is 124 Å². The lowest BCUT2D eigenvalue weighted by Gasteiger charge is -2.22. The van der Waals surface area contributed by atoms with E-state index >= 15 is 0 Å². The molecular weight excluding hydrogens is 270 g/mol. The number of hydrogen-bond donors (Lipinski definition) is 3. The fourth-order valence-electron chi connectivity index (χ4n) is 2.84. The summed E-state index contributed by atoms with van der Waals surface area (Å²) in [6.45, 7) is 3.71. The Bertz CT molecular complexity index is 555. The lowest BCUT2D eigenvalue weighted by atomic mass is 9.96. The predicted octanol–water partition coefficient (Wildman–Crippen LogP) is 2.04. The largest absolute Gasteiger partial charge is 0.508 e. The number of fused-ring (bicyclic) bond motifs is 1. The van der Waals surface area contributed by atoms with Gasteiger partial charge in [0.15, 0.2) is 0 Å². The molecule has 0 fully saturated rings. The van der Waals surface area contributed by atoms with E-state index < -0.39 is 12.0 Å². The van der Waals surface area contributed by atoms with Crippen molar-refractivity contribution in [2.24, 2.45) is 5.92 Å². The molecule has 1 amide bonds. The van der Waals surface area contributed by atoms with E-state index in [1.54, 1.807) is 12.1 Å². The number of aliphatic carboxylic acids is 1. The van der Waals surface area contributed by atoms with E-state index in [2.05, 4.69) is 5.32 Å². The number of phenolic OH excluding ortho intramolecular Hbond substituents is 1. The van der Waals surface area contributed by atoms with E-state index in [4.69, 9.17) is 0 Å². The Morgan fingerprint density at radius 3 is 2.76 bits per heavy atom. The van der Waals surface area contributed by atoms with Gasteiger partial charge in [0.25, 0.3) is 0 Å². The van der Waals surface area contributed by atoms with Crippen LogP contribution in [0.3, 0.4) is 0 Å². The van der Waals surface area contributed by atoms with Crippen LogP contribution in [0.2, 0.25) is 0 Å². The highest BCUT2D eigenvalue weighted by molar-refractivity contribution is 5.89. The van der Waals surface area contributed by atoms with Crippen molar-refractivity contribution in [3.8, 4) is 5.75 Å². The van der Waals surface area contributed by atoms with Gasteiger partial charge >= 0.3 is 5.97 Å². The van der Waals surface area contributed by atoms with Gasteiger partial charge < -0.3 is 15.5 Å². The summed E-state index contributed by atoms with van der Waals surface area (Å²) < 4.78 is 0. The molecule has 0 aliphatic heterocycles. The molecule has 21 heavy (non-hydrogen) atoms. The molecule has 0 saturated carbocycles. The number of carbonyl (C=O) groups excluding carboxylic acids is 1. The van der Waals surface area contributed by atoms with Gasteiger partial charge in [0.1, 0.15) is 11.8 Å². The van der Waals surface area contributed by atoms with E-state index in [0.717, 1.165) is 11.1 Å². The zero-order valence-corrected chi connectivity index (χ0v) is 12.3. The maximum Gasteiger partial charge on any atom is 0.326 e. The van der Waals surface area contributed by atoms with Gasteiger partial charge in [-0.05, 0) is 36.0 Å². The summed E-state index contributed by atoms with van der Waals surface area (Å²) in [6.07, 6.45) is 1.92. The second-order valence-corrected chi connectivity index (χ2v) is 5.65. The highest BCUT2D eigenvalue weighted by atomic mass is 16.4. The molecule has 0 saturated heterocycles. The molecule has 0 spiro atoms. The van der Waals surface area contributed by atoms with Crippen molar-refractivity contribution in [1.29, 1.82) is 0 Å². The second-order valence-electron chi connectivity index (χ2n) is 5.65. The summed E-state index contributed by atoms with van der Waals surface area (Å²) in [5, 5.41) is 21.7. The highest BCUT2D eigenvalue weighted by Crippen LogP contribution is 2.38. The van der Waals surface area contributed by atoms with Gasteiger partial charge in [-0.1, -0.05) is 32.4 Å².